The van der Waals surface area contributed by atoms with Crippen molar-refractivity contribution in [2.45, 2.75) is 13.0 Å². The number of methoxy groups -OCH3 is 1. The Bertz CT molecular complexity index is 381. The highest BCUT2D eigenvalue weighted by Crippen LogP contribution is 2.29. The molecule has 0 fully saturated rings. The first kappa shape index (κ1) is 12.3. The van der Waals surface area contributed by atoms with Gasteiger partial charge in [-0.2, -0.15) is 0 Å². The van der Waals surface area contributed by atoms with Crippen LogP contribution in [0.15, 0.2) is 18.2 Å². The van der Waals surface area contributed by atoms with E-state index in [9.17, 15) is 10.1 Å². The SMILES string of the molecule is COc1cc(NC(C)CO)ccc1[N+](=O)[O-]. The van der Waals surface area contributed by atoms with Gasteiger partial charge in [-0.1, -0.05) is 0 Å². The van der Waals surface area contributed by atoms with Gasteiger partial charge in [-0.15, -0.1) is 0 Å². The van der Waals surface area contributed by atoms with Crippen molar-refractivity contribution in [2.75, 3.05) is 19.0 Å². The Labute approximate surface area is 93.0 Å². The average Bonchev–Trinajstić information content (AvgIpc) is 2.28. The van der Waals surface area contributed by atoms with Crippen LogP contribution in [-0.4, -0.2) is 29.8 Å². The zero-order valence-electron chi connectivity index (χ0n) is 9.14. The summed E-state index contributed by atoms with van der Waals surface area (Å²) >= 11 is 0. The summed E-state index contributed by atoms with van der Waals surface area (Å²) in [6.07, 6.45) is 0. The van der Waals surface area contributed by atoms with Crippen LogP contribution in [0.3, 0.4) is 0 Å². The second-order valence-electron chi connectivity index (χ2n) is 3.37. The van der Waals surface area contributed by atoms with E-state index in [4.69, 9.17) is 9.84 Å². The van der Waals surface area contributed by atoms with Gasteiger partial charge in [0.2, 0.25) is 0 Å². The molecule has 0 spiro atoms. The molecule has 0 aliphatic rings. The van der Waals surface area contributed by atoms with Gasteiger partial charge >= 0.3 is 5.69 Å². The van der Waals surface area contributed by atoms with E-state index in [-0.39, 0.29) is 24.1 Å². The molecule has 1 aromatic rings. The van der Waals surface area contributed by atoms with E-state index >= 15 is 0 Å². The highest BCUT2D eigenvalue weighted by molar-refractivity contribution is 5.58. The Morgan fingerprint density at radius 2 is 2.31 bits per heavy atom. The van der Waals surface area contributed by atoms with Gasteiger partial charge in [-0.3, -0.25) is 10.1 Å². The molecule has 2 N–H and O–H groups in total. The molecule has 1 atom stereocenters. The lowest BCUT2D eigenvalue weighted by Gasteiger charge is -2.12. The van der Waals surface area contributed by atoms with Gasteiger partial charge in [0.05, 0.1) is 18.6 Å². The van der Waals surface area contributed by atoms with Crippen LogP contribution in [-0.2, 0) is 0 Å². The third-order valence-electron chi connectivity index (χ3n) is 2.06. The molecule has 0 saturated heterocycles. The molecule has 0 aliphatic carbocycles. The minimum Gasteiger partial charge on any atom is -0.490 e. The van der Waals surface area contributed by atoms with Crippen LogP contribution in [0.2, 0.25) is 0 Å². The topological polar surface area (TPSA) is 84.6 Å². The Hall–Kier alpha value is -1.82. The van der Waals surface area contributed by atoms with Crippen LogP contribution in [0.25, 0.3) is 0 Å². The van der Waals surface area contributed by atoms with E-state index in [2.05, 4.69) is 5.32 Å². The monoisotopic (exact) mass is 226 g/mol. The molecular weight excluding hydrogens is 212 g/mol. The number of rotatable bonds is 5. The summed E-state index contributed by atoms with van der Waals surface area (Å²) < 4.78 is 4.92. The third-order valence-corrected chi connectivity index (χ3v) is 2.06. The number of nitro benzene ring substituents is 1. The van der Waals surface area contributed by atoms with E-state index in [1.165, 1.54) is 19.2 Å². The summed E-state index contributed by atoms with van der Waals surface area (Å²) in [5, 5.41) is 22.5. The fraction of sp³-hybridized carbons (Fsp3) is 0.400. The van der Waals surface area contributed by atoms with Gasteiger partial charge in [0.25, 0.3) is 0 Å². The molecule has 6 nitrogen and oxygen atoms in total. The second kappa shape index (κ2) is 5.32. The number of nitro groups is 1. The average molecular weight is 226 g/mol. The van der Waals surface area contributed by atoms with Gasteiger partial charge in [-0.25, -0.2) is 0 Å². The van der Waals surface area contributed by atoms with Gasteiger partial charge in [-0.05, 0) is 13.0 Å². The van der Waals surface area contributed by atoms with Gasteiger partial charge in [0, 0.05) is 23.9 Å². The molecule has 0 aromatic heterocycles. The Balaban J connectivity index is 2.95. The molecule has 0 aliphatic heterocycles. The standard InChI is InChI=1S/C10H14N2O4/c1-7(6-13)11-8-3-4-9(12(14)15)10(5-8)16-2/h3-5,7,11,13H,6H2,1-2H3. The molecular formula is C10H14N2O4. The van der Waals surface area contributed by atoms with Crippen LogP contribution in [0.4, 0.5) is 11.4 Å². The van der Waals surface area contributed by atoms with E-state index in [0.29, 0.717) is 5.69 Å². The Morgan fingerprint density at radius 3 is 2.81 bits per heavy atom. The second-order valence-corrected chi connectivity index (χ2v) is 3.37. The quantitative estimate of drug-likeness (QED) is 0.585. The molecule has 1 unspecified atom stereocenters. The molecule has 0 radical (unpaired) electrons. The molecule has 0 amide bonds. The number of aliphatic hydroxyl groups is 1. The van der Waals surface area contributed by atoms with Crippen molar-refractivity contribution in [3.05, 3.63) is 28.3 Å². The molecule has 88 valence electrons. The highest BCUT2D eigenvalue weighted by Gasteiger charge is 2.14. The largest absolute Gasteiger partial charge is 0.490 e. The van der Waals surface area contributed by atoms with Crippen LogP contribution in [0, 0.1) is 10.1 Å². The van der Waals surface area contributed by atoms with E-state index in [1.54, 1.807) is 13.0 Å². The molecule has 1 rings (SSSR count). The Morgan fingerprint density at radius 1 is 1.62 bits per heavy atom. The number of nitrogens with zero attached hydrogens (tertiary/aromatic N) is 1. The fourth-order valence-corrected chi connectivity index (χ4v) is 1.25. The fourth-order valence-electron chi connectivity index (χ4n) is 1.25. The lowest BCUT2D eigenvalue weighted by molar-refractivity contribution is -0.385. The number of hydrogen-bond acceptors (Lipinski definition) is 5. The zero-order chi connectivity index (χ0) is 12.1. The maximum Gasteiger partial charge on any atom is 0.311 e. The van der Waals surface area contributed by atoms with E-state index in [0.717, 1.165) is 0 Å². The summed E-state index contributed by atoms with van der Waals surface area (Å²) in [5.41, 5.74) is 0.591. The molecule has 0 saturated carbocycles. The van der Waals surface area contributed by atoms with Crippen LogP contribution in [0.1, 0.15) is 6.92 Å². The molecule has 0 bridgehead atoms. The van der Waals surface area contributed by atoms with Crippen molar-refractivity contribution in [1.29, 1.82) is 0 Å². The molecule has 6 heteroatoms. The zero-order valence-corrected chi connectivity index (χ0v) is 9.14. The smallest absolute Gasteiger partial charge is 0.311 e. The summed E-state index contributed by atoms with van der Waals surface area (Å²) in [6, 6.07) is 4.36. The van der Waals surface area contributed by atoms with Gasteiger partial charge < -0.3 is 15.2 Å². The van der Waals surface area contributed by atoms with E-state index in [1.807, 2.05) is 0 Å². The van der Waals surface area contributed by atoms with Crippen molar-refractivity contribution >= 4 is 11.4 Å². The number of benzene rings is 1. The predicted octanol–water partition coefficient (Wildman–Crippen LogP) is 1.40. The normalized spacial score (nSPS) is 11.9. The number of ether oxygens (including phenoxy) is 1. The number of nitrogens with one attached hydrogen (secondary N) is 1. The maximum atomic E-state index is 10.6. The van der Waals surface area contributed by atoms with Gasteiger partial charge in [0.1, 0.15) is 0 Å². The molecule has 1 aromatic carbocycles. The molecule has 0 heterocycles. The first-order valence-corrected chi connectivity index (χ1v) is 4.78. The van der Waals surface area contributed by atoms with Crippen LogP contribution < -0.4 is 10.1 Å². The van der Waals surface area contributed by atoms with Crippen LogP contribution in [0.5, 0.6) is 5.75 Å². The predicted molar refractivity (Wildman–Crippen MR) is 59.8 cm³/mol. The maximum absolute atomic E-state index is 10.6. The minimum absolute atomic E-state index is 0.0146. The van der Waals surface area contributed by atoms with Crippen molar-refractivity contribution in [3.8, 4) is 5.75 Å². The van der Waals surface area contributed by atoms with Crippen LogP contribution >= 0.6 is 0 Å². The number of aliphatic hydroxyl groups excluding tert-OH is 1. The third kappa shape index (κ3) is 2.83. The Kier molecular flexibility index (Phi) is 4.07. The lowest BCUT2D eigenvalue weighted by atomic mass is 10.2. The first-order valence-electron chi connectivity index (χ1n) is 4.78. The number of anilines is 1. The van der Waals surface area contributed by atoms with Crippen molar-refractivity contribution < 1.29 is 14.8 Å². The summed E-state index contributed by atoms with van der Waals surface area (Å²) in [5.74, 6) is 0.195. The minimum atomic E-state index is -0.502. The van der Waals surface area contributed by atoms with Crippen molar-refractivity contribution in [2.24, 2.45) is 0 Å². The summed E-state index contributed by atoms with van der Waals surface area (Å²) in [6.45, 7) is 1.78. The van der Waals surface area contributed by atoms with Gasteiger partial charge in [0.15, 0.2) is 5.75 Å². The highest BCUT2D eigenvalue weighted by atomic mass is 16.6. The summed E-state index contributed by atoms with van der Waals surface area (Å²) in [7, 11) is 1.38. The number of hydrogen-bond donors (Lipinski definition) is 2. The lowest BCUT2D eigenvalue weighted by Crippen LogP contribution is -2.19. The summed E-state index contributed by atoms with van der Waals surface area (Å²) in [4.78, 5) is 10.1. The van der Waals surface area contributed by atoms with E-state index < -0.39 is 4.92 Å². The van der Waals surface area contributed by atoms with Crippen molar-refractivity contribution in [1.82, 2.24) is 0 Å². The molecule has 16 heavy (non-hydrogen) atoms. The van der Waals surface area contributed by atoms with Crippen molar-refractivity contribution in [3.63, 3.8) is 0 Å². The first-order chi connectivity index (χ1) is 7.58.